The summed E-state index contributed by atoms with van der Waals surface area (Å²) in [6.45, 7) is 2.02. The predicted molar refractivity (Wildman–Crippen MR) is 79.1 cm³/mol. The molecule has 20 heavy (non-hydrogen) atoms. The van der Waals surface area contributed by atoms with Gasteiger partial charge in [0.25, 0.3) is 0 Å². The molecule has 0 radical (unpaired) electrons. The molecule has 1 N–H and O–H groups in total. The van der Waals surface area contributed by atoms with E-state index in [1.165, 1.54) is 0 Å². The Morgan fingerprint density at radius 3 is 2.40 bits per heavy atom. The van der Waals surface area contributed by atoms with E-state index in [4.69, 9.17) is 9.84 Å². The summed E-state index contributed by atoms with van der Waals surface area (Å²) in [4.78, 5) is 11.0. The lowest BCUT2D eigenvalue weighted by molar-refractivity contribution is -0.136. The van der Waals surface area contributed by atoms with Gasteiger partial charge >= 0.3 is 5.97 Å². The molecule has 2 aromatic rings. The fraction of sp³-hybridized carbons (Fsp3) is 0.235. The lowest BCUT2D eigenvalue weighted by Crippen LogP contribution is -2.06. The molecule has 2 aromatic carbocycles. The van der Waals surface area contributed by atoms with Gasteiger partial charge in [-0.1, -0.05) is 43.3 Å². The molecule has 3 heteroatoms. The van der Waals surface area contributed by atoms with Crippen molar-refractivity contribution in [2.45, 2.75) is 19.8 Å². The van der Waals surface area contributed by atoms with Crippen LogP contribution in [0.15, 0.2) is 42.5 Å². The van der Waals surface area contributed by atoms with Crippen LogP contribution in [-0.2, 0) is 17.6 Å². The van der Waals surface area contributed by atoms with Gasteiger partial charge in [0.1, 0.15) is 5.75 Å². The fourth-order valence-corrected chi connectivity index (χ4v) is 2.35. The number of aliphatic carboxylic acids is 1. The molecule has 3 nitrogen and oxygen atoms in total. The molecule has 0 saturated carbocycles. The van der Waals surface area contributed by atoms with Gasteiger partial charge in [0.2, 0.25) is 0 Å². The Bertz CT molecular complexity index is 578. The monoisotopic (exact) mass is 270 g/mol. The zero-order valence-electron chi connectivity index (χ0n) is 11.7. The van der Waals surface area contributed by atoms with Crippen molar-refractivity contribution >= 4 is 5.97 Å². The smallest absolute Gasteiger partial charge is 0.307 e. The first-order chi connectivity index (χ1) is 9.65. The van der Waals surface area contributed by atoms with E-state index in [1.807, 2.05) is 43.3 Å². The Kier molecular flexibility index (Phi) is 4.41. The summed E-state index contributed by atoms with van der Waals surface area (Å²) in [6.07, 6.45) is 0.765. The molecular formula is C17H18O3. The van der Waals surface area contributed by atoms with Gasteiger partial charge < -0.3 is 9.84 Å². The number of hydrogen-bond acceptors (Lipinski definition) is 2. The largest absolute Gasteiger partial charge is 0.496 e. The molecule has 0 aliphatic carbocycles. The maximum atomic E-state index is 11.0. The third kappa shape index (κ3) is 2.99. The SMILES string of the molecule is CCc1cc(-c2ccccc2)cc(OC)c1CC(=O)O. The van der Waals surface area contributed by atoms with Crippen LogP contribution in [0.2, 0.25) is 0 Å². The molecule has 0 aliphatic heterocycles. The van der Waals surface area contributed by atoms with Gasteiger partial charge in [0.05, 0.1) is 13.5 Å². The Balaban J connectivity index is 2.55. The number of rotatable bonds is 5. The molecule has 0 heterocycles. The molecule has 104 valence electrons. The highest BCUT2D eigenvalue weighted by atomic mass is 16.5. The molecule has 2 rings (SSSR count). The minimum atomic E-state index is -0.842. The maximum absolute atomic E-state index is 11.0. The molecule has 0 aliphatic rings. The standard InChI is InChI=1S/C17H18O3/c1-3-12-9-14(13-7-5-4-6-8-13)10-16(20-2)15(12)11-17(18)19/h4-10H,3,11H2,1-2H3,(H,18,19). The second-order valence-corrected chi connectivity index (χ2v) is 4.61. The van der Waals surface area contributed by atoms with Crippen molar-refractivity contribution in [3.63, 3.8) is 0 Å². The van der Waals surface area contributed by atoms with Crippen LogP contribution in [0.3, 0.4) is 0 Å². The minimum absolute atomic E-state index is 0.0125. The first-order valence-electron chi connectivity index (χ1n) is 6.62. The normalized spacial score (nSPS) is 10.3. The molecule has 0 fully saturated rings. The fourth-order valence-electron chi connectivity index (χ4n) is 2.35. The van der Waals surface area contributed by atoms with Gasteiger partial charge in [-0.15, -0.1) is 0 Å². The van der Waals surface area contributed by atoms with E-state index in [0.29, 0.717) is 5.75 Å². The molecule has 0 aromatic heterocycles. The average molecular weight is 270 g/mol. The van der Waals surface area contributed by atoms with E-state index in [0.717, 1.165) is 28.7 Å². The van der Waals surface area contributed by atoms with Crippen LogP contribution in [0.25, 0.3) is 11.1 Å². The van der Waals surface area contributed by atoms with Gasteiger partial charge in [-0.05, 0) is 29.2 Å². The van der Waals surface area contributed by atoms with Crippen LogP contribution < -0.4 is 4.74 Å². The number of aryl methyl sites for hydroxylation is 1. The summed E-state index contributed by atoms with van der Waals surface area (Å²) < 4.78 is 5.39. The van der Waals surface area contributed by atoms with Crippen LogP contribution in [0, 0.1) is 0 Å². The van der Waals surface area contributed by atoms with Crippen LogP contribution in [0.5, 0.6) is 5.75 Å². The second kappa shape index (κ2) is 6.24. The van der Waals surface area contributed by atoms with Crippen molar-refractivity contribution in [2.75, 3.05) is 7.11 Å². The van der Waals surface area contributed by atoms with E-state index >= 15 is 0 Å². The van der Waals surface area contributed by atoms with Crippen LogP contribution in [0.1, 0.15) is 18.1 Å². The van der Waals surface area contributed by atoms with Crippen molar-refractivity contribution in [3.8, 4) is 16.9 Å². The molecule has 0 atom stereocenters. The first-order valence-corrected chi connectivity index (χ1v) is 6.62. The van der Waals surface area contributed by atoms with E-state index in [-0.39, 0.29) is 6.42 Å². The number of hydrogen-bond donors (Lipinski definition) is 1. The molecule has 0 bridgehead atoms. The Morgan fingerprint density at radius 1 is 1.15 bits per heavy atom. The first kappa shape index (κ1) is 14.1. The van der Waals surface area contributed by atoms with Gasteiger partial charge in [0.15, 0.2) is 0 Å². The zero-order valence-corrected chi connectivity index (χ0v) is 11.7. The zero-order chi connectivity index (χ0) is 14.5. The minimum Gasteiger partial charge on any atom is -0.496 e. The number of benzene rings is 2. The summed E-state index contributed by atoms with van der Waals surface area (Å²) in [7, 11) is 1.58. The lowest BCUT2D eigenvalue weighted by atomic mass is 9.95. The van der Waals surface area contributed by atoms with Crippen molar-refractivity contribution < 1.29 is 14.6 Å². The quantitative estimate of drug-likeness (QED) is 0.903. The van der Waals surface area contributed by atoms with Crippen LogP contribution in [-0.4, -0.2) is 18.2 Å². The summed E-state index contributed by atoms with van der Waals surface area (Å²) in [5.41, 5.74) is 3.93. The molecule has 0 saturated heterocycles. The highest BCUT2D eigenvalue weighted by molar-refractivity contribution is 5.75. The van der Waals surface area contributed by atoms with Gasteiger partial charge in [-0.3, -0.25) is 4.79 Å². The number of ether oxygens (including phenoxy) is 1. The van der Waals surface area contributed by atoms with Crippen molar-refractivity contribution in [2.24, 2.45) is 0 Å². The van der Waals surface area contributed by atoms with Crippen LogP contribution >= 0.6 is 0 Å². The Hall–Kier alpha value is -2.29. The number of carboxylic acids is 1. The third-order valence-electron chi connectivity index (χ3n) is 3.34. The second-order valence-electron chi connectivity index (χ2n) is 4.61. The molecule has 0 spiro atoms. The highest BCUT2D eigenvalue weighted by Crippen LogP contribution is 2.31. The number of carboxylic acid groups (broad SMARTS) is 1. The van der Waals surface area contributed by atoms with Gasteiger partial charge in [-0.25, -0.2) is 0 Å². The van der Waals surface area contributed by atoms with Gasteiger partial charge in [0, 0.05) is 5.56 Å². The molecular weight excluding hydrogens is 252 g/mol. The number of carbonyl (C=O) groups is 1. The number of methoxy groups -OCH3 is 1. The summed E-state index contributed by atoms with van der Waals surface area (Å²) in [6, 6.07) is 14.0. The topological polar surface area (TPSA) is 46.5 Å². The van der Waals surface area contributed by atoms with E-state index in [9.17, 15) is 4.79 Å². The lowest BCUT2D eigenvalue weighted by Gasteiger charge is -2.14. The van der Waals surface area contributed by atoms with Crippen molar-refractivity contribution in [3.05, 3.63) is 53.6 Å². The van der Waals surface area contributed by atoms with Gasteiger partial charge in [-0.2, -0.15) is 0 Å². The van der Waals surface area contributed by atoms with E-state index < -0.39 is 5.97 Å². The summed E-state index contributed by atoms with van der Waals surface area (Å²) in [5.74, 6) is -0.198. The third-order valence-corrected chi connectivity index (χ3v) is 3.34. The Morgan fingerprint density at radius 2 is 1.85 bits per heavy atom. The summed E-state index contributed by atoms with van der Waals surface area (Å²) >= 11 is 0. The van der Waals surface area contributed by atoms with Crippen molar-refractivity contribution in [1.29, 1.82) is 0 Å². The maximum Gasteiger partial charge on any atom is 0.307 e. The average Bonchev–Trinajstić information content (AvgIpc) is 2.47. The van der Waals surface area contributed by atoms with Crippen molar-refractivity contribution in [1.82, 2.24) is 0 Å². The van der Waals surface area contributed by atoms with E-state index in [2.05, 4.69) is 6.07 Å². The van der Waals surface area contributed by atoms with E-state index in [1.54, 1.807) is 7.11 Å². The van der Waals surface area contributed by atoms with Crippen LogP contribution in [0.4, 0.5) is 0 Å². The Labute approximate surface area is 118 Å². The highest BCUT2D eigenvalue weighted by Gasteiger charge is 2.14. The predicted octanol–water partition coefficient (Wildman–Crippen LogP) is 3.55. The molecule has 0 unspecified atom stereocenters. The summed E-state index contributed by atoms with van der Waals surface area (Å²) in [5, 5.41) is 9.04. The molecule has 0 amide bonds.